The number of nitrogens with one attached hydrogen (secondary N) is 3. The first-order chi connectivity index (χ1) is 8.86. The molecular weight excluding hydrogens is 270 g/mol. The molecule has 0 spiro atoms. The van der Waals surface area contributed by atoms with E-state index in [-0.39, 0.29) is 10.6 Å². The largest absolute Gasteiger partial charge is 0.392 e. The van der Waals surface area contributed by atoms with Crippen molar-refractivity contribution < 1.29 is 13.5 Å². The van der Waals surface area contributed by atoms with Crippen LogP contribution in [0.15, 0.2) is 5.03 Å². The van der Waals surface area contributed by atoms with Crippen LogP contribution in [0.5, 0.6) is 0 Å². The topological polar surface area (TPSA) is 124 Å². The Morgan fingerprint density at radius 1 is 1.16 bits per heavy atom. The van der Waals surface area contributed by atoms with Crippen LogP contribution < -0.4 is 4.72 Å². The van der Waals surface area contributed by atoms with E-state index in [0.717, 1.165) is 0 Å². The third kappa shape index (κ3) is 2.34. The molecule has 4 N–H and O–H groups in total. The molecule has 0 unspecified atom stereocenters. The van der Waals surface area contributed by atoms with Gasteiger partial charge in [-0.1, -0.05) is 0 Å². The van der Waals surface area contributed by atoms with E-state index in [1.54, 1.807) is 20.8 Å². The smallest absolute Gasteiger partial charge is 0.281 e. The van der Waals surface area contributed by atoms with Crippen LogP contribution in [0.3, 0.4) is 0 Å². The third-order valence-electron chi connectivity index (χ3n) is 2.81. The average molecular weight is 285 g/mol. The quantitative estimate of drug-likeness (QED) is 0.645. The molecule has 0 aliphatic rings. The predicted octanol–water partition coefficient (Wildman–Crippen LogP) is 0.351. The molecule has 2 aromatic heterocycles. The number of H-pyrrole nitrogens is 2. The Labute approximate surface area is 110 Å². The van der Waals surface area contributed by atoms with Gasteiger partial charge in [0.05, 0.1) is 23.7 Å². The van der Waals surface area contributed by atoms with Crippen molar-refractivity contribution in [3.8, 4) is 0 Å². The monoisotopic (exact) mass is 285 g/mol. The van der Waals surface area contributed by atoms with Gasteiger partial charge in [0.2, 0.25) is 5.03 Å². The van der Waals surface area contributed by atoms with E-state index in [2.05, 4.69) is 25.1 Å². The summed E-state index contributed by atoms with van der Waals surface area (Å²) in [4.78, 5) is 0. The summed E-state index contributed by atoms with van der Waals surface area (Å²) in [5.41, 5.74) is 2.32. The number of hydrogen-bond donors (Lipinski definition) is 4. The van der Waals surface area contributed by atoms with Crippen molar-refractivity contribution in [2.24, 2.45) is 0 Å². The zero-order chi connectivity index (χ0) is 14.2. The highest BCUT2D eigenvalue weighted by Gasteiger charge is 2.25. The van der Waals surface area contributed by atoms with Crippen LogP contribution >= 0.6 is 0 Å². The summed E-state index contributed by atoms with van der Waals surface area (Å²) >= 11 is 0. The second kappa shape index (κ2) is 4.67. The highest BCUT2D eigenvalue weighted by atomic mass is 32.2. The number of nitrogens with zero attached hydrogens (tertiary/aromatic N) is 2. The molecular formula is C10H15N5O3S. The van der Waals surface area contributed by atoms with Gasteiger partial charge >= 0.3 is 0 Å². The van der Waals surface area contributed by atoms with Crippen molar-refractivity contribution in [2.75, 3.05) is 4.72 Å². The lowest BCUT2D eigenvalue weighted by Crippen LogP contribution is -2.16. The Hall–Kier alpha value is -1.87. The van der Waals surface area contributed by atoms with Crippen molar-refractivity contribution in [1.29, 1.82) is 0 Å². The van der Waals surface area contributed by atoms with E-state index in [1.807, 2.05) is 0 Å². The number of aliphatic hydroxyl groups excluding tert-OH is 1. The van der Waals surface area contributed by atoms with Gasteiger partial charge in [0.1, 0.15) is 0 Å². The lowest BCUT2D eigenvalue weighted by molar-refractivity contribution is 0.277. The number of aromatic nitrogens is 4. The summed E-state index contributed by atoms with van der Waals surface area (Å²) < 4.78 is 26.9. The molecule has 0 aliphatic heterocycles. The highest BCUT2D eigenvalue weighted by Crippen LogP contribution is 2.23. The van der Waals surface area contributed by atoms with Gasteiger partial charge in [0, 0.05) is 11.3 Å². The number of anilines is 1. The van der Waals surface area contributed by atoms with Crippen LogP contribution in [0, 0.1) is 20.8 Å². The molecule has 2 heterocycles. The Morgan fingerprint density at radius 3 is 2.32 bits per heavy atom. The molecule has 2 rings (SSSR count). The molecule has 0 saturated heterocycles. The summed E-state index contributed by atoms with van der Waals surface area (Å²) in [5.74, 6) is 0. The normalized spacial score (nSPS) is 11.8. The van der Waals surface area contributed by atoms with Crippen molar-refractivity contribution >= 4 is 15.7 Å². The Bertz CT molecular complexity index is 681. The SMILES string of the molecule is Cc1n[nH]c(C)c1NS(=O)(=O)c1n[nH]c(C)c1CO. The maximum atomic E-state index is 12.3. The maximum absolute atomic E-state index is 12.3. The summed E-state index contributed by atoms with van der Waals surface area (Å²) in [5, 5.41) is 21.9. The van der Waals surface area contributed by atoms with E-state index < -0.39 is 16.6 Å². The second-order valence-corrected chi connectivity index (χ2v) is 5.80. The van der Waals surface area contributed by atoms with Gasteiger partial charge < -0.3 is 5.11 Å². The molecule has 2 aromatic rings. The minimum atomic E-state index is -3.86. The van der Waals surface area contributed by atoms with E-state index in [0.29, 0.717) is 22.8 Å². The summed E-state index contributed by atoms with van der Waals surface area (Å²) in [6.45, 7) is 4.64. The lowest BCUT2D eigenvalue weighted by atomic mass is 10.3. The third-order valence-corrected chi connectivity index (χ3v) is 4.13. The fourth-order valence-electron chi connectivity index (χ4n) is 1.72. The minimum absolute atomic E-state index is 0.201. The Kier molecular flexibility index (Phi) is 3.33. The van der Waals surface area contributed by atoms with Gasteiger partial charge in [0.15, 0.2) is 0 Å². The van der Waals surface area contributed by atoms with Crippen molar-refractivity contribution in [3.05, 3.63) is 22.6 Å². The molecule has 0 bridgehead atoms. The van der Waals surface area contributed by atoms with E-state index >= 15 is 0 Å². The van der Waals surface area contributed by atoms with Gasteiger partial charge in [-0.05, 0) is 20.8 Å². The van der Waals surface area contributed by atoms with Gasteiger partial charge in [-0.3, -0.25) is 14.9 Å². The van der Waals surface area contributed by atoms with Crippen LogP contribution in [-0.2, 0) is 16.6 Å². The Balaban J connectivity index is 2.44. The maximum Gasteiger partial charge on any atom is 0.281 e. The summed E-state index contributed by atoms with van der Waals surface area (Å²) in [7, 11) is -3.86. The van der Waals surface area contributed by atoms with Crippen molar-refractivity contribution in [1.82, 2.24) is 20.4 Å². The van der Waals surface area contributed by atoms with E-state index in [9.17, 15) is 13.5 Å². The van der Waals surface area contributed by atoms with Crippen LogP contribution in [0.2, 0.25) is 0 Å². The molecule has 0 radical (unpaired) electrons. The molecule has 9 heteroatoms. The molecule has 8 nitrogen and oxygen atoms in total. The minimum Gasteiger partial charge on any atom is -0.392 e. The summed E-state index contributed by atoms with van der Waals surface area (Å²) in [6, 6.07) is 0. The van der Waals surface area contributed by atoms with Crippen LogP contribution in [0.4, 0.5) is 5.69 Å². The fourth-order valence-corrected chi connectivity index (χ4v) is 3.10. The molecule has 0 amide bonds. The number of rotatable bonds is 4. The van der Waals surface area contributed by atoms with Crippen molar-refractivity contribution in [2.45, 2.75) is 32.4 Å². The van der Waals surface area contributed by atoms with E-state index in [1.165, 1.54) is 0 Å². The molecule has 0 saturated carbocycles. The number of aliphatic hydroxyl groups is 1. The first-order valence-electron chi connectivity index (χ1n) is 5.56. The standard InChI is InChI=1S/C10H15N5O3S/c1-5-8(4-16)10(14-11-5)19(17,18)15-9-6(2)12-13-7(9)3/h15-16H,4H2,1-3H3,(H,11,14)(H,12,13). The van der Waals surface area contributed by atoms with Gasteiger partial charge in [-0.2, -0.15) is 18.6 Å². The zero-order valence-corrected chi connectivity index (χ0v) is 11.6. The molecule has 0 fully saturated rings. The van der Waals surface area contributed by atoms with E-state index in [4.69, 9.17) is 0 Å². The molecule has 19 heavy (non-hydrogen) atoms. The highest BCUT2D eigenvalue weighted by molar-refractivity contribution is 7.92. The van der Waals surface area contributed by atoms with Gasteiger partial charge in [0.25, 0.3) is 10.0 Å². The summed E-state index contributed by atoms with van der Waals surface area (Å²) in [6.07, 6.45) is 0. The van der Waals surface area contributed by atoms with Gasteiger partial charge in [-0.15, -0.1) is 0 Å². The number of aromatic amines is 2. The van der Waals surface area contributed by atoms with Crippen LogP contribution in [-0.4, -0.2) is 33.9 Å². The molecule has 0 aromatic carbocycles. The second-order valence-electron chi connectivity index (χ2n) is 4.20. The molecule has 0 atom stereocenters. The first kappa shape index (κ1) is 13.6. The number of aryl methyl sites for hydroxylation is 3. The first-order valence-corrected chi connectivity index (χ1v) is 7.04. The number of hydrogen-bond acceptors (Lipinski definition) is 5. The zero-order valence-electron chi connectivity index (χ0n) is 10.8. The van der Waals surface area contributed by atoms with Crippen LogP contribution in [0.25, 0.3) is 0 Å². The molecule has 104 valence electrons. The lowest BCUT2D eigenvalue weighted by Gasteiger charge is -2.07. The van der Waals surface area contributed by atoms with Gasteiger partial charge in [-0.25, -0.2) is 0 Å². The Morgan fingerprint density at radius 2 is 1.79 bits per heavy atom. The fraction of sp³-hybridized carbons (Fsp3) is 0.400. The predicted molar refractivity (Wildman–Crippen MR) is 68.1 cm³/mol. The van der Waals surface area contributed by atoms with Crippen molar-refractivity contribution in [3.63, 3.8) is 0 Å². The average Bonchev–Trinajstić information content (AvgIpc) is 2.86. The number of sulfonamides is 1. The van der Waals surface area contributed by atoms with Crippen LogP contribution in [0.1, 0.15) is 22.6 Å². The molecule has 0 aliphatic carbocycles.